The van der Waals surface area contributed by atoms with E-state index in [0.717, 1.165) is 12.1 Å². The monoisotopic (exact) mass is 506 g/mol. The van der Waals surface area contributed by atoms with Gasteiger partial charge in [0.05, 0.1) is 31.3 Å². The summed E-state index contributed by atoms with van der Waals surface area (Å²) in [6.07, 6.45) is -2.25. The molecule has 196 valence electrons. The lowest BCUT2D eigenvalue weighted by Crippen LogP contribution is -2.52. The van der Waals surface area contributed by atoms with E-state index in [-0.39, 0.29) is 30.3 Å². The number of benzene rings is 1. The van der Waals surface area contributed by atoms with E-state index in [9.17, 15) is 18.0 Å². The van der Waals surface area contributed by atoms with Crippen molar-refractivity contribution < 1.29 is 27.4 Å². The van der Waals surface area contributed by atoms with Gasteiger partial charge in [-0.1, -0.05) is 24.8 Å². The summed E-state index contributed by atoms with van der Waals surface area (Å²) >= 11 is 0. The molecule has 0 spiro atoms. The van der Waals surface area contributed by atoms with Crippen molar-refractivity contribution in [3.8, 4) is 6.07 Å². The number of carbonyl (C=O) groups is 1. The second-order valence-electron chi connectivity index (χ2n) is 9.29. The molecule has 10 heteroatoms. The number of likely N-dealkylation sites (tertiary alicyclic amines) is 2. The van der Waals surface area contributed by atoms with Gasteiger partial charge in [0.25, 0.3) is 0 Å². The van der Waals surface area contributed by atoms with Crippen LogP contribution in [0.15, 0.2) is 41.5 Å². The molecule has 0 saturated carbocycles. The lowest BCUT2D eigenvalue weighted by atomic mass is 9.83. The third-order valence-electron chi connectivity index (χ3n) is 6.78. The van der Waals surface area contributed by atoms with Crippen molar-refractivity contribution >= 4 is 11.9 Å². The van der Waals surface area contributed by atoms with Gasteiger partial charge in [-0.2, -0.15) is 18.4 Å². The Labute approximate surface area is 210 Å². The van der Waals surface area contributed by atoms with E-state index in [1.807, 2.05) is 0 Å². The number of urea groups is 1. The molecule has 2 fully saturated rings. The van der Waals surface area contributed by atoms with Gasteiger partial charge in [0.15, 0.2) is 5.90 Å². The van der Waals surface area contributed by atoms with Crippen LogP contribution in [0.3, 0.4) is 0 Å². The number of piperidine rings is 2. The van der Waals surface area contributed by atoms with Crippen LogP contribution in [0, 0.1) is 23.2 Å². The van der Waals surface area contributed by atoms with E-state index in [1.165, 1.54) is 13.2 Å². The Bertz CT molecular complexity index is 997. The van der Waals surface area contributed by atoms with E-state index in [1.54, 1.807) is 23.0 Å². The molecule has 3 rings (SSSR count). The Balaban J connectivity index is 1.88. The number of methoxy groups -OCH3 is 2. The maximum Gasteiger partial charge on any atom is 0.416 e. The minimum atomic E-state index is -4.46. The van der Waals surface area contributed by atoms with Gasteiger partial charge in [0, 0.05) is 57.2 Å². The van der Waals surface area contributed by atoms with Crippen molar-refractivity contribution in [3.63, 3.8) is 0 Å². The van der Waals surface area contributed by atoms with Crippen LogP contribution in [0.25, 0.3) is 0 Å². The van der Waals surface area contributed by atoms with Gasteiger partial charge in [-0.25, -0.2) is 9.79 Å². The minimum Gasteiger partial charge on any atom is -0.484 e. The van der Waals surface area contributed by atoms with Crippen molar-refractivity contribution in [2.75, 3.05) is 47.0 Å². The van der Waals surface area contributed by atoms with E-state index < -0.39 is 11.7 Å². The third kappa shape index (κ3) is 7.00. The number of halogens is 3. The summed E-state index contributed by atoms with van der Waals surface area (Å²) in [5, 5.41) is 9.17. The van der Waals surface area contributed by atoms with Crippen molar-refractivity contribution in [1.82, 2.24) is 9.80 Å². The van der Waals surface area contributed by atoms with Crippen LogP contribution < -0.4 is 0 Å². The van der Waals surface area contributed by atoms with Gasteiger partial charge in [-0.3, -0.25) is 0 Å². The maximum absolute atomic E-state index is 13.4. The Kier molecular flexibility index (Phi) is 9.37. The molecule has 2 aliphatic heterocycles. The first kappa shape index (κ1) is 27.5. The van der Waals surface area contributed by atoms with Crippen LogP contribution in [0.2, 0.25) is 0 Å². The Morgan fingerprint density at radius 3 is 2.56 bits per heavy atom. The number of amides is 2. The Morgan fingerprint density at radius 1 is 1.22 bits per heavy atom. The molecule has 0 radical (unpaired) electrons. The number of hydrogen-bond donors (Lipinski definition) is 0. The number of ether oxygens (including phenoxy) is 2. The van der Waals surface area contributed by atoms with E-state index in [2.05, 4.69) is 17.6 Å². The van der Waals surface area contributed by atoms with Crippen LogP contribution in [0.4, 0.5) is 18.0 Å². The highest BCUT2D eigenvalue weighted by Crippen LogP contribution is 2.36. The molecule has 2 atom stereocenters. The maximum atomic E-state index is 13.4. The number of nitrogens with zero attached hydrogens (tertiary/aromatic N) is 4. The molecular weight excluding hydrogens is 473 g/mol. The smallest absolute Gasteiger partial charge is 0.416 e. The predicted octanol–water partition coefficient (Wildman–Crippen LogP) is 5.06. The highest BCUT2D eigenvalue weighted by Gasteiger charge is 2.38. The predicted molar refractivity (Wildman–Crippen MR) is 129 cm³/mol. The molecule has 36 heavy (non-hydrogen) atoms. The first-order valence-electron chi connectivity index (χ1n) is 12.1. The summed E-state index contributed by atoms with van der Waals surface area (Å²) in [4.78, 5) is 21.4. The fourth-order valence-electron chi connectivity index (χ4n) is 4.78. The van der Waals surface area contributed by atoms with Gasteiger partial charge in [-0.15, -0.1) is 0 Å². The summed E-state index contributed by atoms with van der Waals surface area (Å²) in [5.74, 6) is -0.317. The molecule has 2 aliphatic rings. The molecule has 1 aromatic rings. The summed E-state index contributed by atoms with van der Waals surface area (Å²) in [6, 6.07) is 7.36. The Hall–Kier alpha value is -3.06. The summed E-state index contributed by atoms with van der Waals surface area (Å²) in [7, 11) is 3.08. The van der Waals surface area contributed by atoms with Crippen molar-refractivity contribution in [1.29, 1.82) is 5.26 Å². The van der Waals surface area contributed by atoms with Crippen LogP contribution in [-0.4, -0.2) is 68.7 Å². The van der Waals surface area contributed by atoms with Crippen LogP contribution in [0.5, 0.6) is 0 Å². The molecule has 0 N–H and O–H groups in total. The second-order valence-corrected chi connectivity index (χ2v) is 9.29. The third-order valence-corrected chi connectivity index (χ3v) is 6.78. The zero-order valence-corrected chi connectivity index (χ0v) is 20.8. The van der Waals surface area contributed by atoms with Gasteiger partial charge >= 0.3 is 12.2 Å². The van der Waals surface area contributed by atoms with Crippen molar-refractivity contribution in [2.45, 2.75) is 37.8 Å². The molecule has 2 saturated heterocycles. The average molecular weight is 507 g/mol. The number of aliphatic imine (C=N–C) groups is 1. The molecule has 7 nitrogen and oxygen atoms in total. The quantitative estimate of drug-likeness (QED) is 0.399. The van der Waals surface area contributed by atoms with E-state index >= 15 is 0 Å². The summed E-state index contributed by atoms with van der Waals surface area (Å²) < 4.78 is 50.8. The number of nitriles is 1. The zero-order chi connectivity index (χ0) is 26.3. The first-order valence-corrected chi connectivity index (χ1v) is 12.1. The molecule has 0 aromatic heterocycles. The molecular formula is C26H33F3N4O3. The second kappa shape index (κ2) is 12.3. The first-order chi connectivity index (χ1) is 17.2. The zero-order valence-electron chi connectivity index (χ0n) is 20.8. The fraction of sp³-hybridized carbons (Fsp3) is 0.577. The average Bonchev–Trinajstić information content (AvgIpc) is 2.89. The molecule has 2 amide bonds. The molecule has 1 aromatic carbocycles. The number of hydrogen-bond acceptors (Lipinski definition) is 5. The number of carbonyl (C=O) groups excluding carboxylic acids is 1. The Morgan fingerprint density at radius 2 is 1.94 bits per heavy atom. The largest absolute Gasteiger partial charge is 0.484 e. The fourth-order valence-corrected chi connectivity index (χ4v) is 4.78. The van der Waals surface area contributed by atoms with Gasteiger partial charge in [0.1, 0.15) is 0 Å². The number of rotatable bonds is 6. The van der Waals surface area contributed by atoms with Gasteiger partial charge < -0.3 is 19.3 Å². The van der Waals surface area contributed by atoms with Crippen molar-refractivity contribution in [3.05, 3.63) is 47.7 Å². The lowest BCUT2D eigenvalue weighted by Gasteiger charge is -2.41. The molecule has 2 unspecified atom stereocenters. The highest BCUT2D eigenvalue weighted by atomic mass is 19.4. The lowest BCUT2D eigenvalue weighted by molar-refractivity contribution is -0.137. The van der Waals surface area contributed by atoms with Crippen LogP contribution in [0.1, 0.15) is 42.7 Å². The standard InChI is InChI=1S/C26H33F3N4O3/c1-18(9-12-35-2)31-24(36-3)22-13-21(20-5-4-6-23(14-20)26(27,28)29)16-33(17-22)25(34)32-10-7-19(15-30)8-11-32/h4-6,14,19,21-22H,1,7-13,16-17H2,2-3H3. The van der Waals surface area contributed by atoms with Gasteiger partial charge in [-0.05, 0) is 30.9 Å². The SMILES string of the molecule is C=C(CCOC)N=C(OC)C1CC(c2cccc(C(F)(F)F)c2)CN(C(=O)N2CCC(C#N)CC2)C1. The van der Waals surface area contributed by atoms with Crippen LogP contribution in [-0.2, 0) is 15.7 Å². The summed E-state index contributed by atoms with van der Waals surface area (Å²) in [5.41, 5.74) is 0.364. The molecule has 2 heterocycles. The van der Waals surface area contributed by atoms with E-state index in [0.29, 0.717) is 69.1 Å². The molecule has 0 bridgehead atoms. The summed E-state index contributed by atoms with van der Waals surface area (Å²) in [6.45, 7) is 5.96. The normalized spacial score (nSPS) is 21.7. The topological polar surface area (TPSA) is 78.2 Å². The highest BCUT2D eigenvalue weighted by molar-refractivity contribution is 5.82. The number of alkyl halides is 3. The minimum absolute atomic E-state index is 0.0636. The van der Waals surface area contributed by atoms with E-state index in [4.69, 9.17) is 14.7 Å². The van der Waals surface area contributed by atoms with Gasteiger partial charge in [0.2, 0.25) is 0 Å². The van der Waals surface area contributed by atoms with Crippen LogP contribution >= 0.6 is 0 Å². The molecule has 0 aliphatic carbocycles. The van der Waals surface area contributed by atoms with Crippen molar-refractivity contribution in [2.24, 2.45) is 16.8 Å².